The lowest BCUT2D eigenvalue weighted by Gasteiger charge is -2.22. The number of nitrogens with one attached hydrogen (secondary N) is 1. The summed E-state index contributed by atoms with van der Waals surface area (Å²) in [6, 6.07) is 4.57. The van der Waals surface area contributed by atoms with E-state index in [0.29, 0.717) is 23.0 Å². The smallest absolute Gasteiger partial charge is 0.242 e. The minimum Gasteiger partial charge on any atom is -0.320 e. The minimum absolute atomic E-state index is 0.195. The Labute approximate surface area is 158 Å². The predicted octanol–water partition coefficient (Wildman–Crippen LogP) is 3.60. The lowest BCUT2D eigenvalue weighted by atomic mass is 9.89. The Hall–Kier alpha value is -2.34. The van der Waals surface area contributed by atoms with Gasteiger partial charge in [0.15, 0.2) is 0 Å². The Bertz CT molecular complexity index is 864. The van der Waals surface area contributed by atoms with Crippen LogP contribution in [0.5, 0.6) is 0 Å². The quantitative estimate of drug-likeness (QED) is 0.764. The van der Waals surface area contributed by atoms with Crippen LogP contribution < -0.4 is 11.1 Å². The molecule has 27 heavy (non-hydrogen) atoms. The number of nitrogens with zero attached hydrogens (tertiary/aromatic N) is 2. The summed E-state index contributed by atoms with van der Waals surface area (Å²) in [6.07, 6.45) is 6.39. The maximum atomic E-state index is 14.6. The maximum Gasteiger partial charge on any atom is 0.242 e. The molecule has 2 heterocycles. The highest BCUT2D eigenvalue weighted by molar-refractivity contribution is 5.94. The summed E-state index contributed by atoms with van der Waals surface area (Å²) in [6.45, 7) is 3.74. The van der Waals surface area contributed by atoms with Crippen molar-refractivity contribution >= 4 is 11.7 Å². The summed E-state index contributed by atoms with van der Waals surface area (Å²) in [5.41, 5.74) is 9.01. The van der Waals surface area contributed by atoms with Crippen molar-refractivity contribution in [2.75, 3.05) is 5.32 Å². The predicted molar refractivity (Wildman–Crippen MR) is 102 cm³/mol. The molecule has 1 amide bonds. The highest BCUT2D eigenvalue weighted by Gasteiger charge is 2.46. The molecule has 2 fully saturated rings. The molecule has 4 rings (SSSR count). The largest absolute Gasteiger partial charge is 0.320 e. The van der Waals surface area contributed by atoms with Gasteiger partial charge in [0, 0.05) is 23.0 Å². The van der Waals surface area contributed by atoms with Crippen LogP contribution in [0.1, 0.15) is 36.9 Å². The minimum atomic E-state index is -0.627. The van der Waals surface area contributed by atoms with Gasteiger partial charge in [0.2, 0.25) is 11.9 Å². The van der Waals surface area contributed by atoms with E-state index in [9.17, 15) is 9.18 Å². The monoisotopic (exact) mass is 368 g/mol. The number of halogens is 1. The number of hydrogen-bond acceptors (Lipinski definition) is 4. The Morgan fingerprint density at radius 2 is 1.85 bits per heavy atom. The first-order valence-corrected chi connectivity index (χ1v) is 9.60. The van der Waals surface area contributed by atoms with Crippen LogP contribution in [0.15, 0.2) is 24.4 Å². The van der Waals surface area contributed by atoms with Gasteiger partial charge in [0.05, 0.1) is 6.04 Å². The topological polar surface area (TPSA) is 80.9 Å². The number of rotatable bonds is 6. The number of amides is 1. The van der Waals surface area contributed by atoms with Gasteiger partial charge in [0.25, 0.3) is 0 Å². The Balaban J connectivity index is 1.50. The summed E-state index contributed by atoms with van der Waals surface area (Å²) in [7, 11) is 0. The highest BCUT2D eigenvalue weighted by Crippen LogP contribution is 2.50. The molecule has 1 atom stereocenters. The van der Waals surface area contributed by atoms with E-state index in [4.69, 9.17) is 5.73 Å². The highest BCUT2D eigenvalue weighted by atomic mass is 19.1. The molecule has 2 aliphatic rings. The van der Waals surface area contributed by atoms with E-state index in [1.165, 1.54) is 0 Å². The van der Waals surface area contributed by atoms with Crippen LogP contribution in [-0.2, 0) is 4.79 Å². The standard InChI is InChI=1S/C21H25FN4O/c1-11-9-16(12(2)24-10-11)15-7-8-17(25-20(15)22)26-21(27)19(23)18(13-3-4-13)14-5-6-14/h7-10,13-14,18-19H,3-6,23H2,1-2H3,(H,25,26,27)/t19-/m0/s1. The molecule has 0 aromatic carbocycles. The van der Waals surface area contributed by atoms with E-state index in [2.05, 4.69) is 15.3 Å². The number of aromatic nitrogens is 2. The van der Waals surface area contributed by atoms with Crippen molar-refractivity contribution in [3.8, 4) is 11.1 Å². The van der Waals surface area contributed by atoms with Crippen LogP contribution in [0.2, 0.25) is 0 Å². The molecular formula is C21H25FN4O. The molecular weight excluding hydrogens is 343 g/mol. The number of carbonyl (C=O) groups is 1. The number of carbonyl (C=O) groups excluding carboxylic acids is 1. The third-order valence-corrected chi connectivity index (χ3v) is 5.66. The third-order valence-electron chi connectivity index (χ3n) is 5.66. The molecule has 6 heteroatoms. The Morgan fingerprint density at radius 3 is 2.44 bits per heavy atom. The molecule has 2 aromatic rings. The molecule has 2 saturated carbocycles. The zero-order valence-electron chi connectivity index (χ0n) is 15.7. The molecule has 0 radical (unpaired) electrons. The second kappa shape index (κ2) is 7.00. The van der Waals surface area contributed by atoms with Crippen molar-refractivity contribution in [1.29, 1.82) is 0 Å². The average Bonchev–Trinajstić information content (AvgIpc) is 3.52. The van der Waals surface area contributed by atoms with E-state index >= 15 is 0 Å². The first-order valence-electron chi connectivity index (χ1n) is 9.60. The number of anilines is 1. The molecule has 2 aromatic heterocycles. The molecule has 0 bridgehead atoms. The van der Waals surface area contributed by atoms with Gasteiger partial charge >= 0.3 is 0 Å². The zero-order chi connectivity index (χ0) is 19.1. The van der Waals surface area contributed by atoms with E-state index in [1.54, 1.807) is 18.3 Å². The van der Waals surface area contributed by atoms with Gasteiger partial charge in [-0.1, -0.05) is 0 Å². The van der Waals surface area contributed by atoms with E-state index in [1.807, 2.05) is 19.9 Å². The van der Waals surface area contributed by atoms with Crippen LogP contribution in [0.25, 0.3) is 11.1 Å². The van der Waals surface area contributed by atoms with E-state index < -0.39 is 12.0 Å². The lowest BCUT2D eigenvalue weighted by Crippen LogP contribution is -2.44. The first-order chi connectivity index (χ1) is 12.9. The van der Waals surface area contributed by atoms with Crippen LogP contribution in [0.3, 0.4) is 0 Å². The SMILES string of the molecule is Cc1cnc(C)c(-c2ccc(NC(=O)[C@@H](N)C(C3CC3)C3CC3)nc2F)c1. The van der Waals surface area contributed by atoms with Crippen molar-refractivity contribution < 1.29 is 9.18 Å². The fourth-order valence-corrected chi connectivity index (χ4v) is 3.93. The lowest BCUT2D eigenvalue weighted by molar-refractivity contribution is -0.118. The Morgan fingerprint density at radius 1 is 1.19 bits per heavy atom. The van der Waals surface area contributed by atoms with Crippen molar-refractivity contribution in [3.63, 3.8) is 0 Å². The molecule has 3 N–H and O–H groups in total. The zero-order valence-corrected chi connectivity index (χ0v) is 15.7. The third kappa shape index (κ3) is 3.86. The van der Waals surface area contributed by atoms with E-state index in [0.717, 1.165) is 36.9 Å². The molecule has 0 spiro atoms. The first kappa shape index (κ1) is 18.0. The van der Waals surface area contributed by atoms with Gasteiger partial charge in [0.1, 0.15) is 5.82 Å². The van der Waals surface area contributed by atoms with Gasteiger partial charge in [-0.25, -0.2) is 4.98 Å². The normalized spacial score (nSPS) is 17.8. The molecule has 0 saturated heterocycles. The fraction of sp³-hybridized carbons (Fsp3) is 0.476. The molecule has 0 aliphatic heterocycles. The second-order valence-electron chi connectivity index (χ2n) is 7.95. The summed E-state index contributed by atoms with van der Waals surface area (Å²) in [4.78, 5) is 20.8. The van der Waals surface area contributed by atoms with Crippen LogP contribution in [-0.4, -0.2) is 21.9 Å². The van der Waals surface area contributed by atoms with Gasteiger partial charge < -0.3 is 11.1 Å². The van der Waals surface area contributed by atoms with Crippen molar-refractivity contribution in [3.05, 3.63) is 41.6 Å². The van der Waals surface area contributed by atoms with Crippen molar-refractivity contribution in [2.24, 2.45) is 23.5 Å². The van der Waals surface area contributed by atoms with Crippen LogP contribution >= 0.6 is 0 Å². The molecule has 142 valence electrons. The van der Waals surface area contributed by atoms with Crippen LogP contribution in [0.4, 0.5) is 10.2 Å². The van der Waals surface area contributed by atoms with Crippen molar-refractivity contribution in [2.45, 2.75) is 45.6 Å². The Kier molecular flexibility index (Phi) is 4.68. The summed E-state index contributed by atoms with van der Waals surface area (Å²) in [5.74, 6) is 0.685. The van der Waals surface area contributed by atoms with Gasteiger partial charge in [-0.05, 0) is 81.0 Å². The number of hydrogen-bond donors (Lipinski definition) is 2. The fourth-order valence-electron chi connectivity index (χ4n) is 3.93. The van der Waals surface area contributed by atoms with Crippen molar-refractivity contribution in [1.82, 2.24) is 9.97 Å². The summed E-state index contributed by atoms with van der Waals surface area (Å²) in [5, 5.41) is 2.70. The molecule has 5 nitrogen and oxygen atoms in total. The van der Waals surface area contributed by atoms with Crippen LogP contribution in [0, 0.1) is 37.5 Å². The summed E-state index contributed by atoms with van der Waals surface area (Å²) >= 11 is 0. The second-order valence-corrected chi connectivity index (χ2v) is 7.95. The van der Waals surface area contributed by atoms with E-state index in [-0.39, 0.29) is 17.6 Å². The number of pyridine rings is 2. The van der Waals surface area contributed by atoms with Gasteiger partial charge in [-0.15, -0.1) is 0 Å². The number of nitrogens with two attached hydrogens (primary N) is 1. The summed E-state index contributed by atoms with van der Waals surface area (Å²) < 4.78 is 14.6. The van der Waals surface area contributed by atoms with Gasteiger partial charge in [-0.3, -0.25) is 9.78 Å². The molecule has 2 aliphatic carbocycles. The maximum absolute atomic E-state index is 14.6. The molecule has 0 unspecified atom stereocenters. The van der Waals surface area contributed by atoms with Gasteiger partial charge in [-0.2, -0.15) is 4.39 Å². The number of aryl methyl sites for hydroxylation is 2. The average molecular weight is 368 g/mol.